The molecule has 3 aromatic rings. The Hall–Kier alpha value is -2.20. The topological polar surface area (TPSA) is 47.9 Å². The highest BCUT2D eigenvalue weighted by molar-refractivity contribution is 6.28. The van der Waals surface area contributed by atoms with Crippen LogP contribution in [0.1, 0.15) is 16.8 Å². The van der Waals surface area contributed by atoms with Gasteiger partial charge in [0.2, 0.25) is 5.28 Å². The van der Waals surface area contributed by atoms with E-state index in [2.05, 4.69) is 27.9 Å². The lowest BCUT2D eigenvalue weighted by Crippen LogP contribution is -1.97. The third-order valence-electron chi connectivity index (χ3n) is 3.64. The predicted octanol–water partition coefficient (Wildman–Crippen LogP) is 4.28. The molecular weight excluding hydrogens is 298 g/mol. The molecule has 0 saturated heterocycles. The maximum atomic E-state index is 5.95. The molecule has 2 heterocycles. The van der Waals surface area contributed by atoms with Gasteiger partial charge in [0.1, 0.15) is 5.75 Å². The molecular formula is C17H16ClN3O. The lowest BCUT2D eigenvalue weighted by molar-refractivity contribution is 0.415. The monoisotopic (exact) mass is 313 g/mol. The number of methoxy groups -OCH3 is 1. The fourth-order valence-corrected chi connectivity index (χ4v) is 2.89. The van der Waals surface area contributed by atoms with Crippen molar-refractivity contribution in [3.8, 4) is 17.0 Å². The minimum atomic E-state index is 0.210. The Labute approximate surface area is 134 Å². The Balaban J connectivity index is 2.27. The summed E-state index contributed by atoms with van der Waals surface area (Å²) < 4.78 is 5.52. The predicted molar refractivity (Wildman–Crippen MR) is 88.5 cm³/mol. The number of rotatable bonds is 2. The molecule has 2 aromatic heterocycles. The first-order chi connectivity index (χ1) is 10.5. The van der Waals surface area contributed by atoms with Crippen LogP contribution >= 0.6 is 11.6 Å². The van der Waals surface area contributed by atoms with Gasteiger partial charge in [0, 0.05) is 10.9 Å². The third kappa shape index (κ3) is 2.50. The molecule has 0 radical (unpaired) electrons. The zero-order chi connectivity index (χ0) is 15.9. The van der Waals surface area contributed by atoms with Crippen molar-refractivity contribution < 1.29 is 4.74 Å². The van der Waals surface area contributed by atoms with Gasteiger partial charge in [-0.3, -0.25) is 0 Å². The number of pyridine rings is 1. The molecule has 0 fully saturated rings. The van der Waals surface area contributed by atoms with E-state index < -0.39 is 0 Å². The summed E-state index contributed by atoms with van der Waals surface area (Å²) in [5, 5.41) is 1.11. The highest BCUT2D eigenvalue weighted by Crippen LogP contribution is 2.34. The molecule has 0 bridgehead atoms. The number of nitrogens with zero attached hydrogens (tertiary/aromatic N) is 3. The molecule has 0 atom stereocenters. The fourth-order valence-electron chi connectivity index (χ4n) is 2.68. The van der Waals surface area contributed by atoms with Gasteiger partial charge in [-0.25, -0.2) is 9.97 Å². The van der Waals surface area contributed by atoms with Crippen LogP contribution in [0.2, 0.25) is 5.28 Å². The van der Waals surface area contributed by atoms with E-state index in [0.717, 1.165) is 39.2 Å². The summed E-state index contributed by atoms with van der Waals surface area (Å²) in [5.74, 6) is 0.807. The molecule has 3 rings (SSSR count). The number of benzene rings is 1. The van der Waals surface area contributed by atoms with Crippen molar-refractivity contribution in [2.45, 2.75) is 20.8 Å². The van der Waals surface area contributed by atoms with Crippen molar-refractivity contribution in [1.82, 2.24) is 15.0 Å². The molecule has 22 heavy (non-hydrogen) atoms. The quantitative estimate of drug-likeness (QED) is 0.663. The molecule has 0 unspecified atom stereocenters. The van der Waals surface area contributed by atoms with Crippen LogP contribution in [0.5, 0.6) is 5.75 Å². The summed E-state index contributed by atoms with van der Waals surface area (Å²) >= 11 is 5.95. The van der Waals surface area contributed by atoms with E-state index in [1.54, 1.807) is 7.11 Å². The summed E-state index contributed by atoms with van der Waals surface area (Å²) in [4.78, 5) is 13.0. The van der Waals surface area contributed by atoms with Crippen LogP contribution in [0.15, 0.2) is 24.3 Å². The molecule has 0 aliphatic heterocycles. The van der Waals surface area contributed by atoms with Gasteiger partial charge in [-0.15, -0.1) is 0 Å². The van der Waals surface area contributed by atoms with Crippen LogP contribution in [-0.4, -0.2) is 22.1 Å². The summed E-state index contributed by atoms with van der Waals surface area (Å²) in [5.41, 5.74) is 5.47. The zero-order valence-corrected chi connectivity index (χ0v) is 13.7. The molecule has 4 nitrogen and oxygen atoms in total. The molecule has 0 saturated carbocycles. The van der Waals surface area contributed by atoms with Crippen LogP contribution in [0, 0.1) is 20.8 Å². The lowest BCUT2D eigenvalue weighted by Gasteiger charge is -2.13. The van der Waals surface area contributed by atoms with E-state index in [0.29, 0.717) is 5.65 Å². The van der Waals surface area contributed by atoms with Crippen molar-refractivity contribution in [1.29, 1.82) is 0 Å². The van der Waals surface area contributed by atoms with Gasteiger partial charge in [-0.1, -0.05) is 6.07 Å². The van der Waals surface area contributed by atoms with E-state index in [1.807, 2.05) is 32.0 Å². The first-order valence-electron chi connectivity index (χ1n) is 6.96. The second-order valence-electron chi connectivity index (χ2n) is 5.30. The number of ether oxygens (including phenoxy) is 1. The first-order valence-corrected chi connectivity index (χ1v) is 7.34. The average molecular weight is 314 g/mol. The van der Waals surface area contributed by atoms with Gasteiger partial charge in [-0.05, 0) is 61.7 Å². The molecule has 0 amide bonds. The Morgan fingerprint density at radius 1 is 1.00 bits per heavy atom. The zero-order valence-electron chi connectivity index (χ0n) is 12.9. The number of fused-ring (bicyclic) bond motifs is 1. The molecule has 0 spiro atoms. The normalized spacial score (nSPS) is 11.0. The second-order valence-corrected chi connectivity index (χ2v) is 5.64. The molecule has 5 heteroatoms. The van der Waals surface area contributed by atoms with E-state index in [9.17, 15) is 0 Å². The van der Waals surface area contributed by atoms with Crippen molar-refractivity contribution in [2.24, 2.45) is 0 Å². The van der Waals surface area contributed by atoms with E-state index in [4.69, 9.17) is 16.3 Å². The Bertz CT molecular complexity index is 877. The van der Waals surface area contributed by atoms with Crippen LogP contribution in [0.3, 0.4) is 0 Å². The molecule has 0 aliphatic carbocycles. The Morgan fingerprint density at radius 3 is 2.50 bits per heavy atom. The molecule has 1 aromatic carbocycles. The Morgan fingerprint density at radius 2 is 1.77 bits per heavy atom. The summed E-state index contributed by atoms with van der Waals surface area (Å²) in [7, 11) is 1.67. The minimum Gasteiger partial charge on any atom is -0.496 e. The van der Waals surface area contributed by atoms with Gasteiger partial charge in [0.15, 0.2) is 5.65 Å². The van der Waals surface area contributed by atoms with Gasteiger partial charge in [-0.2, -0.15) is 4.98 Å². The number of hydrogen-bond acceptors (Lipinski definition) is 4. The number of hydrogen-bond donors (Lipinski definition) is 0. The van der Waals surface area contributed by atoms with Crippen LogP contribution in [0.4, 0.5) is 0 Å². The minimum absolute atomic E-state index is 0.210. The highest BCUT2D eigenvalue weighted by atomic mass is 35.5. The van der Waals surface area contributed by atoms with Crippen LogP contribution in [-0.2, 0) is 0 Å². The van der Waals surface area contributed by atoms with Crippen molar-refractivity contribution in [3.63, 3.8) is 0 Å². The van der Waals surface area contributed by atoms with E-state index in [1.165, 1.54) is 0 Å². The maximum Gasteiger partial charge on any atom is 0.224 e. The summed E-state index contributed by atoms with van der Waals surface area (Å²) in [6.07, 6.45) is 0. The number of aryl methyl sites for hydroxylation is 3. The van der Waals surface area contributed by atoms with Gasteiger partial charge >= 0.3 is 0 Å². The van der Waals surface area contributed by atoms with Crippen molar-refractivity contribution >= 4 is 22.6 Å². The first kappa shape index (κ1) is 14.7. The third-order valence-corrected chi connectivity index (χ3v) is 3.81. The summed E-state index contributed by atoms with van der Waals surface area (Å²) in [6.45, 7) is 5.99. The molecule has 0 N–H and O–H groups in total. The molecule has 0 aliphatic rings. The van der Waals surface area contributed by atoms with Crippen molar-refractivity contribution in [2.75, 3.05) is 7.11 Å². The molecule has 112 valence electrons. The van der Waals surface area contributed by atoms with Gasteiger partial charge in [0.05, 0.1) is 18.5 Å². The van der Waals surface area contributed by atoms with E-state index in [-0.39, 0.29) is 5.28 Å². The number of aromatic nitrogens is 3. The fraction of sp³-hybridized carbons (Fsp3) is 0.235. The summed E-state index contributed by atoms with van der Waals surface area (Å²) in [6, 6.07) is 8.06. The van der Waals surface area contributed by atoms with E-state index >= 15 is 0 Å². The highest BCUT2D eigenvalue weighted by Gasteiger charge is 2.13. The Kier molecular flexibility index (Phi) is 3.71. The maximum absolute atomic E-state index is 5.95. The van der Waals surface area contributed by atoms with Gasteiger partial charge in [0.25, 0.3) is 0 Å². The van der Waals surface area contributed by atoms with Crippen LogP contribution in [0.25, 0.3) is 22.3 Å². The van der Waals surface area contributed by atoms with Crippen molar-refractivity contribution in [3.05, 3.63) is 46.4 Å². The van der Waals surface area contributed by atoms with Gasteiger partial charge < -0.3 is 4.74 Å². The smallest absolute Gasteiger partial charge is 0.224 e. The SMILES string of the molecule is COc1cc(C)cc(C)c1-c1ccc2c(C)nc(Cl)nc2n1. The number of halogens is 1. The average Bonchev–Trinajstić information content (AvgIpc) is 2.45. The van der Waals surface area contributed by atoms with Crippen LogP contribution < -0.4 is 4.74 Å². The largest absolute Gasteiger partial charge is 0.496 e. The lowest BCUT2D eigenvalue weighted by atomic mass is 10.0. The second kappa shape index (κ2) is 5.54. The standard InChI is InChI=1S/C17H16ClN3O/c1-9-7-10(2)15(14(8-9)22-4)13-6-5-12-11(3)19-17(18)21-16(12)20-13/h5-8H,1-4H3.